The van der Waals surface area contributed by atoms with Gasteiger partial charge in [0.25, 0.3) is 0 Å². The molecule has 0 aliphatic carbocycles. The molecule has 0 spiro atoms. The van der Waals surface area contributed by atoms with Gasteiger partial charge in [-0.05, 0) is 54.9 Å². The van der Waals surface area contributed by atoms with Gasteiger partial charge in [-0.1, -0.05) is 17.7 Å². The van der Waals surface area contributed by atoms with Gasteiger partial charge < -0.3 is 4.74 Å². The molecule has 1 amide bonds. The normalized spacial score (nSPS) is 11.0. The molecule has 1 aromatic rings. The number of ether oxygens (including phenoxy) is 1. The minimum atomic E-state index is -0.546. The van der Waals surface area contributed by atoms with Crippen molar-refractivity contribution in [3.63, 3.8) is 0 Å². The average molecular weight is 347 g/mol. The van der Waals surface area contributed by atoms with Crippen molar-refractivity contribution in [1.82, 2.24) is 0 Å². The lowest BCUT2D eigenvalue weighted by molar-refractivity contribution is 0.0584. The van der Waals surface area contributed by atoms with Crippen molar-refractivity contribution < 1.29 is 9.53 Å². The first kappa shape index (κ1) is 16.1. The van der Waals surface area contributed by atoms with E-state index in [-0.39, 0.29) is 0 Å². The largest absolute Gasteiger partial charge is 0.443 e. The molecule has 0 aliphatic rings. The average Bonchev–Trinajstić information content (AvgIpc) is 2.24. The smallest absolute Gasteiger partial charge is 0.415 e. The van der Waals surface area contributed by atoms with Gasteiger partial charge in [0.1, 0.15) is 5.60 Å². The Morgan fingerprint density at radius 2 is 2.16 bits per heavy atom. The van der Waals surface area contributed by atoms with E-state index in [0.29, 0.717) is 17.3 Å². The first-order chi connectivity index (χ1) is 8.74. The number of anilines is 1. The minimum absolute atomic E-state index is 0.356. The van der Waals surface area contributed by atoms with E-state index in [9.17, 15) is 4.79 Å². The number of rotatable bonds is 3. The summed E-state index contributed by atoms with van der Waals surface area (Å²) in [6.07, 6.45) is 1.22. The topological polar surface area (TPSA) is 29.5 Å². The molecule has 19 heavy (non-hydrogen) atoms. The van der Waals surface area contributed by atoms with E-state index in [1.807, 2.05) is 20.8 Å². The summed E-state index contributed by atoms with van der Waals surface area (Å²) in [5.41, 5.74) is 0.147. The third kappa shape index (κ3) is 4.88. The SMILES string of the molecule is C=CCN(C(=O)OC(C)(C)C)c1ccc(Cl)cc1Br. The number of halogens is 2. The zero-order chi connectivity index (χ0) is 14.6. The lowest BCUT2D eigenvalue weighted by Gasteiger charge is -2.27. The van der Waals surface area contributed by atoms with Crippen LogP contribution in [0.5, 0.6) is 0 Å². The van der Waals surface area contributed by atoms with Crippen LogP contribution >= 0.6 is 27.5 Å². The summed E-state index contributed by atoms with van der Waals surface area (Å²) in [4.78, 5) is 13.7. The van der Waals surface area contributed by atoms with Gasteiger partial charge in [0.05, 0.1) is 5.69 Å². The Labute approximate surface area is 127 Å². The van der Waals surface area contributed by atoms with Gasteiger partial charge in [0.2, 0.25) is 0 Å². The molecule has 104 valence electrons. The Kier molecular flexibility index (Phi) is 5.44. The highest BCUT2D eigenvalue weighted by Gasteiger charge is 2.23. The molecule has 0 bridgehead atoms. The van der Waals surface area contributed by atoms with Gasteiger partial charge in [-0.3, -0.25) is 4.90 Å². The maximum atomic E-state index is 12.2. The molecule has 0 unspecified atom stereocenters. The molecular weight excluding hydrogens is 330 g/mol. The Hall–Kier alpha value is -1.000. The van der Waals surface area contributed by atoms with Crippen LogP contribution in [0.1, 0.15) is 20.8 Å². The summed E-state index contributed by atoms with van der Waals surface area (Å²) >= 11 is 9.30. The fraction of sp³-hybridized carbons (Fsp3) is 0.357. The maximum Gasteiger partial charge on any atom is 0.415 e. The molecule has 0 aromatic heterocycles. The second-order valence-corrected chi connectivity index (χ2v) is 6.27. The van der Waals surface area contributed by atoms with Crippen LogP contribution in [0.15, 0.2) is 35.3 Å². The van der Waals surface area contributed by atoms with Crippen LogP contribution in [0, 0.1) is 0 Å². The van der Waals surface area contributed by atoms with E-state index in [4.69, 9.17) is 16.3 Å². The van der Waals surface area contributed by atoms with Crippen molar-refractivity contribution in [2.24, 2.45) is 0 Å². The summed E-state index contributed by atoms with van der Waals surface area (Å²) in [7, 11) is 0. The zero-order valence-electron chi connectivity index (χ0n) is 11.2. The monoisotopic (exact) mass is 345 g/mol. The van der Waals surface area contributed by atoms with Crippen molar-refractivity contribution in [3.8, 4) is 0 Å². The predicted octanol–water partition coefficient (Wildman–Crippen LogP) is 5.03. The van der Waals surface area contributed by atoms with Gasteiger partial charge in [-0.25, -0.2) is 4.79 Å². The fourth-order valence-corrected chi connectivity index (χ4v) is 2.31. The summed E-state index contributed by atoms with van der Waals surface area (Å²) < 4.78 is 6.11. The second kappa shape index (κ2) is 6.44. The van der Waals surface area contributed by atoms with E-state index < -0.39 is 11.7 Å². The molecule has 0 fully saturated rings. The highest BCUT2D eigenvalue weighted by molar-refractivity contribution is 9.10. The summed E-state index contributed by atoms with van der Waals surface area (Å²) in [5.74, 6) is 0. The Balaban J connectivity index is 3.06. The Morgan fingerprint density at radius 3 is 2.63 bits per heavy atom. The number of hydrogen-bond acceptors (Lipinski definition) is 2. The quantitative estimate of drug-likeness (QED) is 0.718. The van der Waals surface area contributed by atoms with Crippen molar-refractivity contribution >= 4 is 39.3 Å². The fourth-order valence-electron chi connectivity index (χ4n) is 1.42. The van der Waals surface area contributed by atoms with Crippen LogP contribution in [0.25, 0.3) is 0 Å². The van der Waals surface area contributed by atoms with Crippen molar-refractivity contribution in [1.29, 1.82) is 0 Å². The second-order valence-electron chi connectivity index (χ2n) is 4.98. The van der Waals surface area contributed by atoms with Crippen LogP contribution < -0.4 is 4.90 Å². The number of carbonyl (C=O) groups is 1. The molecule has 0 aliphatic heterocycles. The molecular formula is C14H17BrClNO2. The van der Waals surface area contributed by atoms with Gasteiger partial charge in [0.15, 0.2) is 0 Å². The summed E-state index contributed by atoms with van der Waals surface area (Å²) in [6.45, 7) is 9.50. The van der Waals surface area contributed by atoms with Crippen molar-refractivity contribution in [3.05, 3.63) is 40.3 Å². The number of amides is 1. The number of nitrogens with zero attached hydrogens (tertiary/aromatic N) is 1. The lowest BCUT2D eigenvalue weighted by Crippen LogP contribution is -2.37. The van der Waals surface area contributed by atoms with Gasteiger partial charge in [0, 0.05) is 16.0 Å². The predicted molar refractivity (Wildman–Crippen MR) is 82.9 cm³/mol. The lowest BCUT2D eigenvalue weighted by atomic mass is 10.2. The number of carbonyl (C=O) groups excluding carboxylic acids is 1. The Bertz CT molecular complexity index is 483. The van der Waals surface area contributed by atoms with Gasteiger partial charge >= 0.3 is 6.09 Å². The molecule has 1 rings (SSSR count). The number of benzene rings is 1. The van der Waals surface area contributed by atoms with E-state index >= 15 is 0 Å². The first-order valence-corrected chi connectivity index (χ1v) is 6.98. The first-order valence-electron chi connectivity index (χ1n) is 5.81. The molecule has 3 nitrogen and oxygen atoms in total. The summed E-state index contributed by atoms with van der Waals surface area (Å²) in [6, 6.07) is 5.22. The molecule has 0 atom stereocenters. The molecule has 0 saturated carbocycles. The molecule has 5 heteroatoms. The maximum absolute atomic E-state index is 12.2. The van der Waals surface area contributed by atoms with Crippen LogP contribution in [-0.2, 0) is 4.74 Å². The van der Waals surface area contributed by atoms with E-state index in [2.05, 4.69) is 22.5 Å². The highest BCUT2D eigenvalue weighted by atomic mass is 79.9. The Morgan fingerprint density at radius 1 is 1.53 bits per heavy atom. The minimum Gasteiger partial charge on any atom is -0.443 e. The third-order valence-electron chi connectivity index (χ3n) is 2.13. The van der Waals surface area contributed by atoms with Crippen molar-refractivity contribution in [2.75, 3.05) is 11.4 Å². The van der Waals surface area contributed by atoms with Gasteiger partial charge in [-0.15, -0.1) is 6.58 Å². The standard InChI is InChI=1S/C14H17BrClNO2/c1-5-8-17(13(18)19-14(2,3)4)12-7-6-10(16)9-11(12)15/h5-7,9H,1,8H2,2-4H3. The molecule has 0 radical (unpaired) electrons. The molecule has 0 saturated heterocycles. The van der Waals surface area contributed by atoms with Gasteiger partial charge in [-0.2, -0.15) is 0 Å². The van der Waals surface area contributed by atoms with E-state index in [1.54, 1.807) is 24.3 Å². The third-order valence-corrected chi connectivity index (χ3v) is 3.00. The van der Waals surface area contributed by atoms with Crippen LogP contribution in [0.4, 0.5) is 10.5 Å². The van der Waals surface area contributed by atoms with E-state index in [0.717, 1.165) is 4.47 Å². The van der Waals surface area contributed by atoms with Crippen LogP contribution in [0.3, 0.4) is 0 Å². The summed E-state index contributed by atoms with van der Waals surface area (Å²) in [5, 5.41) is 0.596. The van der Waals surface area contributed by atoms with Crippen molar-refractivity contribution in [2.45, 2.75) is 26.4 Å². The molecule has 0 heterocycles. The number of hydrogen-bond donors (Lipinski definition) is 0. The zero-order valence-corrected chi connectivity index (χ0v) is 13.6. The van der Waals surface area contributed by atoms with Crippen LogP contribution in [0.2, 0.25) is 5.02 Å². The highest BCUT2D eigenvalue weighted by Crippen LogP contribution is 2.30. The molecule has 0 N–H and O–H groups in total. The van der Waals surface area contributed by atoms with Crippen LogP contribution in [-0.4, -0.2) is 18.2 Å². The molecule has 1 aromatic carbocycles. The van der Waals surface area contributed by atoms with E-state index in [1.165, 1.54) is 4.90 Å².